The summed E-state index contributed by atoms with van der Waals surface area (Å²) in [4.78, 5) is -0.306. The van der Waals surface area contributed by atoms with Crippen molar-refractivity contribution < 1.29 is 17.7 Å². The summed E-state index contributed by atoms with van der Waals surface area (Å²) >= 11 is 0. The van der Waals surface area contributed by atoms with Crippen LogP contribution in [-0.2, 0) is 10.1 Å². The summed E-state index contributed by atoms with van der Waals surface area (Å²) in [5.41, 5.74) is 6.80. The van der Waals surface area contributed by atoms with Crippen LogP contribution >= 0.6 is 0 Å². The van der Waals surface area contributed by atoms with Crippen molar-refractivity contribution >= 4 is 21.5 Å². The normalized spacial score (nSPS) is 10.3. The van der Waals surface area contributed by atoms with Gasteiger partial charge < -0.3 is 15.8 Å². The van der Waals surface area contributed by atoms with Gasteiger partial charge >= 0.3 is 0 Å². The predicted molar refractivity (Wildman–Crippen MR) is 87.8 cm³/mol. The monoisotopic (exact) mass is 324 g/mol. The minimum atomic E-state index is -4.28. The van der Waals surface area contributed by atoms with Crippen LogP contribution in [0, 0.1) is 0 Å². The van der Waals surface area contributed by atoms with E-state index in [1.807, 2.05) is 37.4 Å². The average Bonchev–Trinajstić information content (AvgIpc) is 2.50. The Morgan fingerprint density at radius 2 is 1.82 bits per heavy atom. The summed E-state index contributed by atoms with van der Waals surface area (Å²) in [6.45, 7) is 2.02. The van der Waals surface area contributed by atoms with E-state index in [1.165, 1.54) is 12.1 Å². The van der Waals surface area contributed by atoms with Gasteiger partial charge in [0.15, 0.2) is 0 Å². The van der Waals surface area contributed by atoms with Crippen molar-refractivity contribution in [2.75, 3.05) is 24.7 Å². The number of nitrogen functional groups attached to an aromatic ring is 1. The van der Waals surface area contributed by atoms with E-state index >= 15 is 0 Å². The third-order valence-electron chi connectivity index (χ3n) is 2.61. The Morgan fingerprint density at radius 3 is 2.27 bits per heavy atom. The van der Waals surface area contributed by atoms with E-state index in [2.05, 4.69) is 5.32 Å². The number of para-hydroxylation sites is 1. The lowest BCUT2D eigenvalue weighted by molar-refractivity contribution is 0.329. The predicted octanol–water partition coefficient (Wildman–Crippen LogP) is 2.64. The Labute approximate surface area is 130 Å². The molecule has 0 aliphatic carbocycles. The van der Waals surface area contributed by atoms with Crippen LogP contribution in [0.4, 0.5) is 11.4 Å². The van der Waals surface area contributed by atoms with Crippen molar-refractivity contribution in [2.24, 2.45) is 0 Å². The van der Waals surface area contributed by atoms with Crippen LogP contribution in [0.2, 0.25) is 0 Å². The second-order valence-electron chi connectivity index (χ2n) is 4.23. The van der Waals surface area contributed by atoms with Crippen LogP contribution in [0.1, 0.15) is 6.92 Å². The zero-order valence-electron chi connectivity index (χ0n) is 12.5. The highest BCUT2D eigenvalue weighted by Crippen LogP contribution is 2.25. The molecular weight excluding hydrogens is 304 g/mol. The zero-order chi connectivity index (χ0) is 16.6. The maximum atomic E-state index is 10.9. The molecule has 4 N–H and O–H groups in total. The Kier molecular flexibility index (Phi) is 6.68. The molecule has 22 heavy (non-hydrogen) atoms. The smallest absolute Gasteiger partial charge is 0.298 e. The van der Waals surface area contributed by atoms with Crippen LogP contribution in [0.25, 0.3) is 0 Å². The average molecular weight is 324 g/mol. The molecule has 0 bridgehead atoms. The molecule has 0 radical (unpaired) electrons. The number of anilines is 2. The Hall–Kier alpha value is -2.25. The fourth-order valence-corrected chi connectivity index (χ4v) is 2.27. The van der Waals surface area contributed by atoms with Crippen LogP contribution in [0.15, 0.2) is 53.4 Å². The summed E-state index contributed by atoms with van der Waals surface area (Å²) in [5, 5.41) is 3.03. The molecule has 0 aliphatic heterocycles. The molecule has 0 atom stereocenters. The summed E-state index contributed by atoms with van der Waals surface area (Å²) in [5.74, 6) is 0.101. The number of nitrogens with one attached hydrogen (secondary N) is 1. The van der Waals surface area contributed by atoms with Gasteiger partial charge in [-0.3, -0.25) is 4.55 Å². The van der Waals surface area contributed by atoms with Gasteiger partial charge in [0, 0.05) is 18.4 Å². The molecule has 0 fully saturated rings. The molecule has 0 amide bonds. The third-order valence-corrected chi connectivity index (χ3v) is 3.48. The third kappa shape index (κ3) is 5.63. The molecule has 2 rings (SSSR count). The van der Waals surface area contributed by atoms with Gasteiger partial charge in [0.05, 0.1) is 6.61 Å². The SMILES string of the molecule is CCOc1ccc(N)cc1S(=O)(=O)O.CNc1ccccc1. The van der Waals surface area contributed by atoms with Crippen molar-refractivity contribution in [1.82, 2.24) is 0 Å². The van der Waals surface area contributed by atoms with Crippen molar-refractivity contribution in [3.63, 3.8) is 0 Å². The molecule has 0 saturated carbocycles. The minimum absolute atomic E-state index is 0.101. The fourth-order valence-electron chi connectivity index (χ4n) is 1.61. The maximum absolute atomic E-state index is 10.9. The highest BCUT2D eigenvalue weighted by atomic mass is 32.2. The Balaban J connectivity index is 0.000000255. The van der Waals surface area contributed by atoms with E-state index < -0.39 is 10.1 Å². The van der Waals surface area contributed by atoms with E-state index in [4.69, 9.17) is 15.0 Å². The molecule has 0 heterocycles. The molecule has 2 aromatic carbocycles. The number of nitrogens with two attached hydrogens (primary N) is 1. The van der Waals surface area contributed by atoms with Crippen molar-refractivity contribution in [1.29, 1.82) is 0 Å². The van der Waals surface area contributed by atoms with Crippen LogP contribution in [0.5, 0.6) is 5.75 Å². The summed E-state index contributed by atoms with van der Waals surface area (Å²) in [6.07, 6.45) is 0. The zero-order valence-corrected chi connectivity index (χ0v) is 13.3. The van der Waals surface area contributed by atoms with Crippen molar-refractivity contribution in [2.45, 2.75) is 11.8 Å². The second kappa shape index (κ2) is 8.26. The van der Waals surface area contributed by atoms with E-state index in [0.717, 1.165) is 11.8 Å². The largest absolute Gasteiger partial charge is 0.492 e. The lowest BCUT2D eigenvalue weighted by atomic mass is 10.3. The first-order chi connectivity index (χ1) is 10.4. The molecule has 120 valence electrons. The van der Waals surface area contributed by atoms with Gasteiger partial charge in [-0.2, -0.15) is 8.42 Å². The van der Waals surface area contributed by atoms with Crippen LogP contribution in [-0.4, -0.2) is 26.6 Å². The van der Waals surface area contributed by atoms with Gasteiger partial charge in [-0.15, -0.1) is 0 Å². The van der Waals surface area contributed by atoms with Crippen molar-refractivity contribution in [3.8, 4) is 5.75 Å². The quantitative estimate of drug-likeness (QED) is 0.590. The number of ether oxygens (including phenoxy) is 1. The molecule has 0 aliphatic rings. The van der Waals surface area contributed by atoms with E-state index in [-0.39, 0.29) is 16.3 Å². The topological polar surface area (TPSA) is 102 Å². The summed E-state index contributed by atoms with van der Waals surface area (Å²) in [6, 6.07) is 14.1. The van der Waals surface area contributed by atoms with Crippen LogP contribution in [0.3, 0.4) is 0 Å². The molecular formula is C15H20N2O4S. The first kappa shape index (κ1) is 17.8. The molecule has 0 aromatic heterocycles. The lowest BCUT2D eigenvalue weighted by Gasteiger charge is -2.07. The van der Waals surface area contributed by atoms with Gasteiger partial charge in [0.25, 0.3) is 10.1 Å². The summed E-state index contributed by atoms with van der Waals surface area (Å²) in [7, 11) is -2.37. The molecule has 2 aromatic rings. The minimum Gasteiger partial charge on any atom is -0.492 e. The molecule has 6 nitrogen and oxygen atoms in total. The first-order valence-electron chi connectivity index (χ1n) is 6.61. The maximum Gasteiger partial charge on any atom is 0.298 e. The van der Waals surface area contributed by atoms with Gasteiger partial charge in [0.2, 0.25) is 0 Å². The van der Waals surface area contributed by atoms with Gasteiger partial charge in [0.1, 0.15) is 10.6 Å². The van der Waals surface area contributed by atoms with Gasteiger partial charge in [-0.1, -0.05) is 18.2 Å². The first-order valence-corrected chi connectivity index (χ1v) is 8.05. The molecule has 0 saturated heterocycles. The van der Waals surface area contributed by atoms with Crippen LogP contribution < -0.4 is 15.8 Å². The van der Waals surface area contributed by atoms with E-state index in [9.17, 15) is 8.42 Å². The molecule has 0 unspecified atom stereocenters. The Bertz CT molecular complexity index is 688. The summed E-state index contributed by atoms with van der Waals surface area (Å²) < 4.78 is 35.7. The van der Waals surface area contributed by atoms with E-state index in [0.29, 0.717) is 6.61 Å². The number of hydrogen-bond acceptors (Lipinski definition) is 5. The highest BCUT2D eigenvalue weighted by molar-refractivity contribution is 7.86. The molecule has 0 spiro atoms. The van der Waals surface area contributed by atoms with Gasteiger partial charge in [-0.25, -0.2) is 0 Å². The number of rotatable bonds is 4. The Morgan fingerprint density at radius 1 is 1.18 bits per heavy atom. The van der Waals surface area contributed by atoms with E-state index in [1.54, 1.807) is 6.92 Å². The molecule has 7 heteroatoms. The van der Waals surface area contributed by atoms with Crippen molar-refractivity contribution in [3.05, 3.63) is 48.5 Å². The van der Waals surface area contributed by atoms with Gasteiger partial charge in [-0.05, 0) is 37.3 Å². The number of hydrogen-bond donors (Lipinski definition) is 3. The lowest BCUT2D eigenvalue weighted by Crippen LogP contribution is -2.04. The highest BCUT2D eigenvalue weighted by Gasteiger charge is 2.16. The number of benzene rings is 2. The standard InChI is InChI=1S/C8H11NO4S.C7H9N/c1-2-13-7-4-3-6(9)5-8(7)14(10,11)12;1-8-7-5-3-2-4-6-7/h3-5H,2,9H2,1H3,(H,10,11,12);2-6,8H,1H3. The fraction of sp³-hybridized carbons (Fsp3) is 0.200. The second-order valence-corrected chi connectivity index (χ2v) is 5.62.